The highest BCUT2D eigenvalue weighted by Gasteiger charge is 2.25. The molecular weight excluding hydrogens is 260 g/mol. The lowest BCUT2D eigenvalue weighted by atomic mass is 9.84. The minimum Gasteiger partial charge on any atom is -0.466 e. The molecule has 0 aromatic rings. The van der Waals surface area contributed by atoms with Crippen LogP contribution in [-0.4, -0.2) is 31.4 Å². The van der Waals surface area contributed by atoms with E-state index in [0.29, 0.717) is 25.4 Å². The predicted octanol–water partition coefficient (Wildman–Crippen LogP) is 2.57. The smallest absolute Gasteiger partial charge is 0.307 e. The van der Waals surface area contributed by atoms with Crippen LogP contribution in [0.2, 0.25) is 0 Å². The Morgan fingerprint density at radius 3 is 2.25 bits per heavy atom. The Kier molecular flexibility index (Phi) is 6.30. The first-order valence-electron chi connectivity index (χ1n) is 7.68. The lowest BCUT2D eigenvalue weighted by molar-refractivity contribution is -0.167. The number of carbonyl (C=O) groups is 2. The van der Waals surface area contributed by atoms with Crippen molar-refractivity contribution >= 4 is 11.9 Å². The lowest BCUT2D eigenvalue weighted by Gasteiger charge is -2.30. The number of cyclic esters (lactones) is 2. The van der Waals surface area contributed by atoms with Crippen molar-refractivity contribution in [2.45, 2.75) is 63.9 Å². The number of esters is 2. The van der Waals surface area contributed by atoms with Crippen molar-refractivity contribution in [2.24, 2.45) is 5.92 Å². The molecule has 20 heavy (non-hydrogen) atoms. The summed E-state index contributed by atoms with van der Waals surface area (Å²) in [6.07, 6.45) is 7.74. The summed E-state index contributed by atoms with van der Waals surface area (Å²) in [5, 5.41) is 0. The van der Waals surface area contributed by atoms with Crippen molar-refractivity contribution in [1.29, 1.82) is 0 Å². The highest BCUT2D eigenvalue weighted by atomic mass is 16.7. The van der Waals surface area contributed by atoms with Gasteiger partial charge in [-0.05, 0) is 25.2 Å². The Balaban J connectivity index is 1.88. The molecule has 1 atom stereocenters. The third-order valence-electron chi connectivity index (χ3n) is 4.10. The largest absolute Gasteiger partial charge is 0.466 e. The van der Waals surface area contributed by atoms with Gasteiger partial charge in [0.15, 0.2) is 6.79 Å². The predicted molar refractivity (Wildman–Crippen MR) is 71.8 cm³/mol. The Hall–Kier alpha value is -1.10. The summed E-state index contributed by atoms with van der Waals surface area (Å²) in [5.41, 5.74) is 0. The fraction of sp³-hybridized carbons (Fsp3) is 0.867. The van der Waals surface area contributed by atoms with Crippen molar-refractivity contribution < 1.29 is 23.8 Å². The second-order valence-electron chi connectivity index (χ2n) is 5.60. The van der Waals surface area contributed by atoms with E-state index in [1.807, 2.05) is 0 Å². The van der Waals surface area contributed by atoms with Gasteiger partial charge in [0.2, 0.25) is 0 Å². The van der Waals surface area contributed by atoms with Gasteiger partial charge in [0.05, 0.1) is 12.7 Å². The van der Waals surface area contributed by atoms with Crippen molar-refractivity contribution in [1.82, 2.24) is 0 Å². The number of rotatable bonds is 1. The second-order valence-corrected chi connectivity index (χ2v) is 5.60. The molecule has 114 valence electrons. The van der Waals surface area contributed by atoms with Gasteiger partial charge in [-0.3, -0.25) is 9.59 Å². The minimum atomic E-state index is -0.305. The lowest BCUT2D eigenvalue weighted by Crippen LogP contribution is -2.29. The molecule has 2 aliphatic rings. The number of carbonyl (C=O) groups excluding carboxylic acids is 2. The Morgan fingerprint density at radius 1 is 0.800 bits per heavy atom. The zero-order valence-electron chi connectivity index (χ0n) is 12.0. The maximum atomic E-state index is 11.5. The molecule has 0 spiro atoms. The maximum Gasteiger partial charge on any atom is 0.307 e. The quantitative estimate of drug-likeness (QED) is 0.692. The van der Waals surface area contributed by atoms with Crippen LogP contribution in [0.5, 0.6) is 0 Å². The topological polar surface area (TPSA) is 61.8 Å². The van der Waals surface area contributed by atoms with Crippen LogP contribution < -0.4 is 0 Å². The molecule has 1 saturated heterocycles. The second kappa shape index (κ2) is 8.25. The molecule has 1 aliphatic heterocycles. The highest BCUT2D eigenvalue weighted by Crippen LogP contribution is 2.29. The molecule has 5 heteroatoms. The summed E-state index contributed by atoms with van der Waals surface area (Å²) < 4.78 is 16.0. The molecule has 2 rings (SSSR count). The van der Waals surface area contributed by atoms with Gasteiger partial charge in [0.25, 0.3) is 0 Å². The Bertz CT molecular complexity index is 300. The summed E-state index contributed by atoms with van der Waals surface area (Å²) >= 11 is 0. The van der Waals surface area contributed by atoms with Gasteiger partial charge in [-0.1, -0.05) is 19.3 Å². The molecule has 2 fully saturated rings. The highest BCUT2D eigenvalue weighted by molar-refractivity contribution is 5.72. The van der Waals surface area contributed by atoms with E-state index in [2.05, 4.69) is 0 Å². The van der Waals surface area contributed by atoms with E-state index in [1.54, 1.807) is 0 Å². The van der Waals surface area contributed by atoms with Crippen molar-refractivity contribution in [3.63, 3.8) is 0 Å². The molecular formula is C15H24O5. The summed E-state index contributed by atoms with van der Waals surface area (Å²) in [4.78, 5) is 22.9. The average molecular weight is 284 g/mol. The van der Waals surface area contributed by atoms with E-state index in [0.717, 1.165) is 12.8 Å². The van der Waals surface area contributed by atoms with E-state index >= 15 is 0 Å². The van der Waals surface area contributed by atoms with Crippen LogP contribution in [-0.2, 0) is 23.8 Å². The molecule has 0 aromatic heterocycles. The van der Waals surface area contributed by atoms with E-state index < -0.39 is 0 Å². The summed E-state index contributed by atoms with van der Waals surface area (Å²) in [5.74, 6) is -0.0503. The van der Waals surface area contributed by atoms with E-state index in [1.165, 1.54) is 19.3 Å². The van der Waals surface area contributed by atoms with Crippen LogP contribution in [0.15, 0.2) is 0 Å². The van der Waals surface area contributed by atoms with Gasteiger partial charge in [-0.15, -0.1) is 0 Å². The zero-order valence-corrected chi connectivity index (χ0v) is 12.0. The molecule has 0 amide bonds. The first-order chi connectivity index (χ1) is 9.75. The molecule has 0 N–H and O–H groups in total. The van der Waals surface area contributed by atoms with Crippen molar-refractivity contribution in [2.75, 3.05) is 13.4 Å². The van der Waals surface area contributed by atoms with Gasteiger partial charge >= 0.3 is 11.9 Å². The molecule has 1 unspecified atom stereocenters. The molecule has 1 saturated carbocycles. The molecule has 1 heterocycles. The number of hydrogen-bond donors (Lipinski definition) is 0. The molecule has 0 radical (unpaired) electrons. The van der Waals surface area contributed by atoms with E-state index in [-0.39, 0.29) is 37.7 Å². The monoisotopic (exact) mass is 284 g/mol. The van der Waals surface area contributed by atoms with E-state index in [9.17, 15) is 9.59 Å². The number of ether oxygens (including phenoxy) is 3. The van der Waals surface area contributed by atoms with Crippen molar-refractivity contribution in [3.05, 3.63) is 0 Å². The van der Waals surface area contributed by atoms with Crippen LogP contribution in [0.25, 0.3) is 0 Å². The molecule has 1 aliphatic carbocycles. The van der Waals surface area contributed by atoms with Crippen LogP contribution >= 0.6 is 0 Å². The summed E-state index contributed by atoms with van der Waals surface area (Å²) in [6.45, 7) is 0.419. The molecule has 0 bridgehead atoms. The van der Waals surface area contributed by atoms with Crippen molar-refractivity contribution in [3.8, 4) is 0 Å². The third-order valence-corrected chi connectivity index (χ3v) is 4.10. The van der Waals surface area contributed by atoms with Gasteiger partial charge in [-0.2, -0.15) is 0 Å². The zero-order chi connectivity index (χ0) is 14.2. The Morgan fingerprint density at radius 2 is 1.50 bits per heavy atom. The SMILES string of the molecule is O=C1CCCC(=O)OCOC(C2CCCCC2)CCO1. The minimum absolute atomic E-state index is 0.0218. The summed E-state index contributed by atoms with van der Waals surface area (Å²) in [6, 6.07) is 0. The van der Waals surface area contributed by atoms with Gasteiger partial charge < -0.3 is 14.2 Å². The van der Waals surface area contributed by atoms with Gasteiger partial charge in [0, 0.05) is 19.3 Å². The van der Waals surface area contributed by atoms with Crippen LogP contribution in [0.4, 0.5) is 0 Å². The first kappa shape index (κ1) is 15.3. The fourth-order valence-corrected chi connectivity index (χ4v) is 2.96. The standard InChI is InChI=1S/C15H24O5/c16-14-7-4-8-15(17)20-11-19-13(9-10-18-14)12-5-2-1-3-6-12/h12-13H,1-11H2. The van der Waals surface area contributed by atoms with Gasteiger partial charge in [0.1, 0.15) is 0 Å². The van der Waals surface area contributed by atoms with Crippen LogP contribution in [0.3, 0.4) is 0 Å². The third kappa shape index (κ3) is 5.12. The van der Waals surface area contributed by atoms with Gasteiger partial charge in [-0.25, -0.2) is 0 Å². The first-order valence-corrected chi connectivity index (χ1v) is 7.68. The molecule has 0 aromatic carbocycles. The van der Waals surface area contributed by atoms with E-state index in [4.69, 9.17) is 14.2 Å². The summed E-state index contributed by atoms with van der Waals surface area (Å²) in [7, 11) is 0. The molecule has 5 nitrogen and oxygen atoms in total. The van der Waals surface area contributed by atoms with Crippen LogP contribution in [0.1, 0.15) is 57.8 Å². The maximum absolute atomic E-state index is 11.5. The Labute approximate surface area is 120 Å². The normalized spacial score (nSPS) is 27.9. The average Bonchev–Trinajstić information content (AvgIpc) is 2.45. The number of hydrogen-bond acceptors (Lipinski definition) is 5. The van der Waals surface area contributed by atoms with Crippen LogP contribution in [0, 0.1) is 5.92 Å². The fourth-order valence-electron chi connectivity index (χ4n) is 2.96.